The summed E-state index contributed by atoms with van der Waals surface area (Å²) in [6.07, 6.45) is 5.29. The standard InChI is InChI=1S/C25H35ClN4O3/c1-6-33-24(31)25(4,5)18-13-21(29-22-8-7-19(26)15-27-22)23(28-14-18)30(16-17(2)3)20-9-11-32-12-10-20/h7-8,13-15,17,20H,6,9-12,16H2,1-5H3,(H,27,29). The summed E-state index contributed by atoms with van der Waals surface area (Å²) < 4.78 is 10.9. The van der Waals surface area contributed by atoms with E-state index in [1.54, 1.807) is 18.5 Å². The van der Waals surface area contributed by atoms with Gasteiger partial charge in [0.15, 0.2) is 5.82 Å². The zero-order valence-electron chi connectivity index (χ0n) is 20.2. The highest BCUT2D eigenvalue weighted by molar-refractivity contribution is 6.30. The third-order valence-electron chi connectivity index (χ3n) is 5.83. The third-order valence-corrected chi connectivity index (χ3v) is 6.05. The summed E-state index contributed by atoms with van der Waals surface area (Å²) in [6, 6.07) is 5.94. The lowest BCUT2D eigenvalue weighted by molar-refractivity contribution is -0.148. The molecule has 1 N–H and O–H groups in total. The van der Waals surface area contributed by atoms with Crippen molar-refractivity contribution in [2.75, 3.05) is 36.6 Å². The van der Waals surface area contributed by atoms with Crippen LogP contribution in [0.5, 0.6) is 0 Å². The number of aromatic nitrogens is 2. The first-order chi connectivity index (χ1) is 15.7. The van der Waals surface area contributed by atoms with E-state index >= 15 is 0 Å². The fourth-order valence-electron chi connectivity index (χ4n) is 3.94. The SMILES string of the molecule is CCOC(=O)C(C)(C)c1cnc(N(CC(C)C)C2CCOCC2)c(Nc2ccc(Cl)cn2)c1. The Balaban J connectivity index is 2.06. The fourth-order valence-corrected chi connectivity index (χ4v) is 4.05. The van der Waals surface area contributed by atoms with Crippen molar-refractivity contribution in [2.45, 2.75) is 58.9 Å². The highest BCUT2D eigenvalue weighted by atomic mass is 35.5. The Kier molecular flexibility index (Phi) is 8.54. The van der Waals surface area contributed by atoms with Gasteiger partial charge in [0, 0.05) is 38.2 Å². The number of esters is 1. The Labute approximate surface area is 201 Å². The Morgan fingerprint density at radius 3 is 2.61 bits per heavy atom. The van der Waals surface area contributed by atoms with Crippen molar-refractivity contribution in [3.05, 3.63) is 41.2 Å². The van der Waals surface area contributed by atoms with Crippen LogP contribution in [-0.2, 0) is 19.7 Å². The maximum Gasteiger partial charge on any atom is 0.316 e. The summed E-state index contributed by atoms with van der Waals surface area (Å²) in [5.74, 6) is 1.67. The van der Waals surface area contributed by atoms with Gasteiger partial charge in [0.2, 0.25) is 0 Å². The zero-order valence-corrected chi connectivity index (χ0v) is 21.0. The van der Waals surface area contributed by atoms with Crippen LogP contribution >= 0.6 is 11.6 Å². The molecule has 1 aliphatic heterocycles. The van der Waals surface area contributed by atoms with Crippen LogP contribution in [0.3, 0.4) is 0 Å². The number of hydrogen-bond acceptors (Lipinski definition) is 7. The average molecular weight is 475 g/mol. The van der Waals surface area contributed by atoms with E-state index in [1.165, 1.54) is 0 Å². The highest BCUT2D eigenvalue weighted by Gasteiger charge is 2.33. The number of nitrogens with one attached hydrogen (secondary N) is 1. The van der Waals surface area contributed by atoms with Gasteiger partial charge in [-0.25, -0.2) is 9.97 Å². The lowest BCUT2D eigenvalue weighted by Crippen LogP contribution is -2.42. The first-order valence-corrected chi connectivity index (χ1v) is 12.0. The second-order valence-electron chi connectivity index (χ2n) is 9.32. The smallest absolute Gasteiger partial charge is 0.316 e. The van der Waals surface area contributed by atoms with E-state index in [2.05, 4.69) is 29.0 Å². The summed E-state index contributed by atoms with van der Waals surface area (Å²) in [5.41, 5.74) is 0.733. The average Bonchev–Trinajstić information content (AvgIpc) is 2.79. The molecule has 2 aromatic heterocycles. The van der Waals surface area contributed by atoms with E-state index in [1.807, 2.05) is 32.9 Å². The molecule has 0 saturated carbocycles. The van der Waals surface area contributed by atoms with Crippen molar-refractivity contribution in [1.29, 1.82) is 0 Å². The summed E-state index contributed by atoms with van der Waals surface area (Å²) in [6.45, 7) is 12.6. The number of ether oxygens (including phenoxy) is 2. The van der Waals surface area contributed by atoms with Gasteiger partial charge in [-0.1, -0.05) is 25.4 Å². The monoisotopic (exact) mass is 474 g/mol. The van der Waals surface area contributed by atoms with E-state index in [0.717, 1.165) is 49.7 Å². The molecule has 2 aromatic rings. The fraction of sp³-hybridized carbons (Fsp3) is 0.560. The summed E-state index contributed by atoms with van der Waals surface area (Å²) in [7, 11) is 0. The molecule has 0 aromatic carbocycles. The number of halogens is 1. The summed E-state index contributed by atoms with van der Waals surface area (Å²) in [5, 5.41) is 3.99. The normalized spacial score (nSPS) is 14.9. The van der Waals surface area contributed by atoms with E-state index in [-0.39, 0.29) is 5.97 Å². The molecule has 33 heavy (non-hydrogen) atoms. The molecular weight excluding hydrogens is 440 g/mol. The van der Waals surface area contributed by atoms with Gasteiger partial charge in [-0.3, -0.25) is 4.79 Å². The first kappa shape index (κ1) is 25.2. The number of hydrogen-bond donors (Lipinski definition) is 1. The van der Waals surface area contributed by atoms with Crippen LogP contribution in [0.2, 0.25) is 5.02 Å². The number of nitrogens with zero attached hydrogens (tertiary/aromatic N) is 3. The Hall–Kier alpha value is -2.38. The van der Waals surface area contributed by atoms with Crippen LogP contribution in [0.25, 0.3) is 0 Å². The van der Waals surface area contributed by atoms with Crippen LogP contribution < -0.4 is 10.2 Å². The number of anilines is 3. The quantitative estimate of drug-likeness (QED) is 0.490. The number of carbonyl (C=O) groups is 1. The summed E-state index contributed by atoms with van der Waals surface area (Å²) in [4.78, 5) is 24.3. The number of carbonyl (C=O) groups excluding carboxylic acids is 1. The molecule has 3 heterocycles. The predicted octanol–water partition coefficient (Wildman–Crippen LogP) is 5.36. The minimum Gasteiger partial charge on any atom is -0.465 e. The lowest BCUT2D eigenvalue weighted by atomic mass is 9.85. The largest absolute Gasteiger partial charge is 0.465 e. The molecule has 0 aliphatic carbocycles. The van der Waals surface area contributed by atoms with Gasteiger partial charge in [0.25, 0.3) is 0 Å². The molecule has 0 bridgehead atoms. The van der Waals surface area contributed by atoms with E-state index in [0.29, 0.717) is 29.4 Å². The van der Waals surface area contributed by atoms with Gasteiger partial charge in [0.05, 0.1) is 22.7 Å². The van der Waals surface area contributed by atoms with Crippen molar-refractivity contribution in [3.8, 4) is 0 Å². The number of pyridine rings is 2. The number of rotatable bonds is 9. The molecule has 3 rings (SSSR count). The van der Waals surface area contributed by atoms with Crippen LogP contribution in [-0.4, -0.2) is 48.3 Å². The molecular formula is C25H35ClN4O3. The van der Waals surface area contributed by atoms with Crippen LogP contribution in [0.1, 0.15) is 53.0 Å². The van der Waals surface area contributed by atoms with Crippen molar-refractivity contribution in [1.82, 2.24) is 9.97 Å². The minimum atomic E-state index is -0.840. The van der Waals surface area contributed by atoms with E-state index in [9.17, 15) is 4.79 Å². The summed E-state index contributed by atoms with van der Waals surface area (Å²) >= 11 is 6.03. The van der Waals surface area contributed by atoms with E-state index < -0.39 is 5.41 Å². The predicted molar refractivity (Wildman–Crippen MR) is 132 cm³/mol. The first-order valence-electron chi connectivity index (χ1n) is 11.6. The van der Waals surface area contributed by atoms with Gasteiger partial charge in [-0.2, -0.15) is 0 Å². The van der Waals surface area contributed by atoms with Gasteiger partial charge < -0.3 is 19.7 Å². The molecule has 1 saturated heterocycles. The van der Waals surface area contributed by atoms with Crippen molar-refractivity contribution in [2.24, 2.45) is 5.92 Å². The Morgan fingerprint density at radius 2 is 2.00 bits per heavy atom. The van der Waals surface area contributed by atoms with Gasteiger partial charge in [-0.15, -0.1) is 0 Å². The van der Waals surface area contributed by atoms with Crippen LogP contribution in [0.4, 0.5) is 17.3 Å². The van der Waals surface area contributed by atoms with Crippen LogP contribution in [0.15, 0.2) is 30.6 Å². The highest BCUT2D eigenvalue weighted by Crippen LogP contribution is 2.35. The molecule has 1 aliphatic rings. The molecule has 8 heteroatoms. The molecule has 7 nitrogen and oxygen atoms in total. The van der Waals surface area contributed by atoms with E-state index in [4.69, 9.17) is 26.1 Å². The molecule has 180 valence electrons. The van der Waals surface area contributed by atoms with Crippen LogP contribution in [0, 0.1) is 5.92 Å². The third kappa shape index (κ3) is 6.36. The second-order valence-corrected chi connectivity index (χ2v) is 9.75. The van der Waals surface area contributed by atoms with Gasteiger partial charge >= 0.3 is 5.97 Å². The molecule has 0 radical (unpaired) electrons. The second kappa shape index (κ2) is 11.2. The Bertz CT molecular complexity index is 928. The van der Waals surface area contributed by atoms with Gasteiger partial charge in [-0.05, 0) is 63.3 Å². The van der Waals surface area contributed by atoms with Crippen molar-refractivity contribution >= 4 is 34.9 Å². The lowest BCUT2D eigenvalue weighted by Gasteiger charge is -2.37. The van der Waals surface area contributed by atoms with Crippen molar-refractivity contribution < 1.29 is 14.3 Å². The molecule has 0 spiro atoms. The molecule has 1 fully saturated rings. The zero-order chi connectivity index (χ0) is 24.0. The Morgan fingerprint density at radius 1 is 1.27 bits per heavy atom. The molecule has 0 unspecified atom stereocenters. The van der Waals surface area contributed by atoms with Crippen molar-refractivity contribution in [3.63, 3.8) is 0 Å². The molecule has 0 atom stereocenters. The minimum absolute atomic E-state index is 0.279. The topological polar surface area (TPSA) is 76.6 Å². The molecule has 0 amide bonds. The maximum atomic E-state index is 12.7. The van der Waals surface area contributed by atoms with Gasteiger partial charge in [0.1, 0.15) is 5.82 Å². The maximum absolute atomic E-state index is 12.7.